The second-order valence-corrected chi connectivity index (χ2v) is 6.71. The maximum absolute atomic E-state index is 12.4. The van der Waals surface area contributed by atoms with Gasteiger partial charge in [0.25, 0.3) is 5.91 Å². The number of benzene rings is 2. The molecule has 3 aromatic rings. The Morgan fingerprint density at radius 3 is 2.64 bits per heavy atom. The lowest BCUT2D eigenvalue weighted by Crippen LogP contribution is -2.29. The molecule has 0 aliphatic heterocycles. The van der Waals surface area contributed by atoms with Crippen molar-refractivity contribution in [2.45, 2.75) is 39.2 Å². The molecule has 0 saturated carbocycles. The van der Waals surface area contributed by atoms with Crippen molar-refractivity contribution in [2.24, 2.45) is 0 Å². The Hall–Kier alpha value is -3.08. The fourth-order valence-corrected chi connectivity index (χ4v) is 2.97. The summed E-state index contributed by atoms with van der Waals surface area (Å²) in [6.07, 6.45) is 4.23. The van der Waals surface area contributed by atoms with Crippen molar-refractivity contribution in [3.8, 4) is 5.75 Å². The molecule has 3 rings (SSSR count). The summed E-state index contributed by atoms with van der Waals surface area (Å²) in [7, 11) is 0. The summed E-state index contributed by atoms with van der Waals surface area (Å²) in [5, 5.41) is 3.45. The van der Waals surface area contributed by atoms with Crippen molar-refractivity contribution in [3.63, 3.8) is 0 Å². The minimum Gasteiger partial charge on any atom is -0.485 e. The standard InChI is InChI=1S/C23H25NO4/c1-2-3-4-8-14-24-22(25)19-15-18-12-9-13-20(21(18)28-23(19)26)27-16-17-10-6-5-7-11-17/h5-7,9-13,15H,2-4,8,14,16H2,1H3,(H,24,25). The third kappa shape index (κ3) is 5.00. The van der Waals surface area contributed by atoms with Crippen molar-refractivity contribution in [2.75, 3.05) is 6.54 Å². The van der Waals surface area contributed by atoms with Gasteiger partial charge in [0.05, 0.1) is 0 Å². The van der Waals surface area contributed by atoms with Crippen LogP contribution in [-0.4, -0.2) is 12.5 Å². The summed E-state index contributed by atoms with van der Waals surface area (Å²) in [4.78, 5) is 24.7. The number of ether oxygens (including phenoxy) is 1. The summed E-state index contributed by atoms with van der Waals surface area (Å²) in [6.45, 7) is 3.05. The molecule has 5 nitrogen and oxygen atoms in total. The highest BCUT2D eigenvalue weighted by atomic mass is 16.5. The predicted molar refractivity (Wildman–Crippen MR) is 110 cm³/mol. The van der Waals surface area contributed by atoms with Crippen LogP contribution in [0.25, 0.3) is 11.0 Å². The number of hydrogen-bond acceptors (Lipinski definition) is 4. The van der Waals surface area contributed by atoms with Gasteiger partial charge in [0.1, 0.15) is 12.2 Å². The fraction of sp³-hybridized carbons (Fsp3) is 0.304. The summed E-state index contributed by atoms with van der Waals surface area (Å²) in [5.74, 6) is 0.0766. The van der Waals surface area contributed by atoms with Crippen molar-refractivity contribution < 1.29 is 13.9 Å². The molecule has 0 spiro atoms. The molecular weight excluding hydrogens is 354 g/mol. The van der Waals surface area contributed by atoms with Gasteiger partial charge in [-0.3, -0.25) is 4.79 Å². The van der Waals surface area contributed by atoms with Crippen LogP contribution in [0.15, 0.2) is 63.8 Å². The first kappa shape index (κ1) is 19.7. The first-order valence-corrected chi connectivity index (χ1v) is 9.71. The van der Waals surface area contributed by atoms with Crippen molar-refractivity contribution in [3.05, 3.63) is 76.1 Å². The van der Waals surface area contributed by atoms with Gasteiger partial charge in [0.15, 0.2) is 11.3 Å². The lowest BCUT2D eigenvalue weighted by atomic mass is 10.1. The topological polar surface area (TPSA) is 68.5 Å². The molecule has 0 aliphatic rings. The molecule has 0 fully saturated rings. The van der Waals surface area contributed by atoms with E-state index in [1.165, 1.54) is 0 Å². The Morgan fingerprint density at radius 2 is 1.86 bits per heavy atom. The molecule has 0 radical (unpaired) electrons. The molecule has 1 N–H and O–H groups in total. The van der Waals surface area contributed by atoms with Gasteiger partial charge >= 0.3 is 5.63 Å². The maximum Gasteiger partial charge on any atom is 0.349 e. The van der Waals surface area contributed by atoms with E-state index in [1.54, 1.807) is 18.2 Å². The van der Waals surface area contributed by atoms with E-state index < -0.39 is 11.5 Å². The van der Waals surface area contributed by atoms with Gasteiger partial charge in [-0.1, -0.05) is 68.7 Å². The number of para-hydroxylation sites is 1. The molecule has 5 heteroatoms. The normalized spacial score (nSPS) is 10.8. The number of unbranched alkanes of at least 4 members (excludes halogenated alkanes) is 3. The Kier molecular flexibility index (Phi) is 6.84. The molecular formula is C23H25NO4. The van der Waals surface area contributed by atoms with Crippen LogP contribution in [0, 0.1) is 0 Å². The fourth-order valence-electron chi connectivity index (χ4n) is 2.97. The number of rotatable bonds is 9. The average Bonchev–Trinajstić information content (AvgIpc) is 2.72. The molecule has 0 atom stereocenters. The van der Waals surface area contributed by atoms with E-state index in [1.807, 2.05) is 36.4 Å². The summed E-state index contributed by atoms with van der Waals surface area (Å²) in [6, 6.07) is 16.7. The number of hydrogen-bond donors (Lipinski definition) is 1. The highest BCUT2D eigenvalue weighted by Crippen LogP contribution is 2.25. The Morgan fingerprint density at radius 1 is 1.04 bits per heavy atom. The largest absolute Gasteiger partial charge is 0.485 e. The SMILES string of the molecule is CCCCCCNC(=O)c1cc2cccc(OCc3ccccc3)c2oc1=O. The lowest BCUT2D eigenvalue weighted by molar-refractivity contribution is 0.0949. The number of fused-ring (bicyclic) bond motifs is 1. The quantitative estimate of drug-likeness (QED) is 0.433. The van der Waals surface area contributed by atoms with Gasteiger partial charge < -0.3 is 14.5 Å². The Balaban J connectivity index is 1.74. The van der Waals surface area contributed by atoms with E-state index in [4.69, 9.17) is 9.15 Å². The smallest absolute Gasteiger partial charge is 0.349 e. The van der Waals surface area contributed by atoms with E-state index in [2.05, 4.69) is 12.2 Å². The van der Waals surface area contributed by atoms with Crippen LogP contribution < -0.4 is 15.7 Å². The molecule has 0 bridgehead atoms. The molecule has 1 aromatic heterocycles. The molecule has 1 amide bonds. The van der Waals surface area contributed by atoms with Crippen molar-refractivity contribution in [1.82, 2.24) is 5.32 Å². The van der Waals surface area contributed by atoms with Gasteiger partial charge in [-0.2, -0.15) is 0 Å². The zero-order chi connectivity index (χ0) is 19.8. The lowest BCUT2D eigenvalue weighted by Gasteiger charge is -2.09. The van der Waals surface area contributed by atoms with Gasteiger partial charge in [-0.05, 0) is 24.1 Å². The number of nitrogens with one attached hydrogen (secondary N) is 1. The molecule has 2 aromatic carbocycles. The van der Waals surface area contributed by atoms with E-state index in [0.717, 1.165) is 31.2 Å². The number of carbonyl (C=O) groups excluding carboxylic acids is 1. The third-order valence-corrected chi connectivity index (χ3v) is 4.52. The zero-order valence-corrected chi connectivity index (χ0v) is 16.1. The van der Waals surface area contributed by atoms with Crippen LogP contribution in [0.1, 0.15) is 48.5 Å². The Bertz CT molecular complexity index is 979. The van der Waals surface area contributed by atoms with Crippen molar-refractivity contribution in [1.29, 1.82) is 0 Å². The first-order valence-electron chi connectivity index (χ1n) is 9.71. The van der Waals surface area contributed by atoms with Gasteiger partial charge in [0.2, 0.25) is 0 Å². The van der Waals surface area contributed by atoms with Crippen LogP contribution in [0.2, 0.25) is 0 Å². The van der Waals surface area contributed by atoms with Crippen LogP contribution in [0.3, 0.4) is 0 Å². The number of carbonyl (C=O) groups is 1. The molecule has 0 aliphatic carbocycles. The van der Waals surface area contributed by atoms with Crippen LogP contribution in [-0.2, 0) is 6.61 Å². The van der Waals surface area contributed by atoms with Crippen molar-refractivity contribution >= 4 is 16.9 Å². The average molecular weight is 379 g/mol. The molecule has 0 unspecified atom stereocenters. The second-order valence-electron chi connectivity index (χ2n) is 6.71. The zero-order valence-electron chi connectivity index (χ0n) is 16.1. The number of amides is 1. The summed E-state index contributed by atoms with van der Waals surface area (Å²) in [5.41, 5.74) is 0.723. The van der Waals surface area contributed by atoms with Crippen LogP contribution in [0.4, 0.5) is 0 Å². The second kappa shape index (κ2) is 9.74. The van der Waals surface area contributed by atoms with E-state index in [0.29, 0.717) is 29.9 Å². The highest BCUT2D eigenvalue weighted by molar-refractivity contribution is 5.97. The minimum atomic E-state index is -0.658. The summed E-state index contributed by atoms with van der Waals surface area (Å²) < 4.78 is 11.3. The van der Waals surface area contributed by atoms with Gasteiger partial charge in [-0.25, -0.2) is 4.79 Å². The van der Waals surface area contributed by atoms with Gasteiger partial charge in [-0.15, -0.1) is 0 Å². The predicted octanol–water partition coefficient (Wildman–Crippen LogP) is 4.68. The van der Waals surface area contributed by atoms with E-state index >= 15 is 0 Å². The molecule has 1 heterocycles. The van der Waals surface area contributed by atoms with E-state index in [-0.39, 0.29) is 5.56 Å². The molecule has 0 saturated heterocycles. The third-order valence-electron chi connectivity index (χ3n) is 4.52. The monoisotopic (exact) mass is 379 g/mol. The molecule has 28 heavy (non-hydrogen) atoms. The first-order chi connectivity index (χ1) is 13.7. The van der Waals surface area contributed by atoms with Crippen LogP contribution >= 0.6 is 0 Å². The van der Waals surface area contributed by atoms with Crippen LogP contribution in [0.5, 0.6) is 5.75 Å². The summed E-state index contributed by atoms with van der Waals surface area (Å²) >= 11 is 0. The maximum atomic E-state index is 12.4. The van der Waals surface area contributed by atoms with Gasteiger partial charge in [0, 0.05) is 11.9 Å². The molecule has 146 valence electrons. The highest BCUT2D eigenvalue weighted by Gasteiger charge is 2.15. The Labute approximate surface area is 164 Å². The van der Waals surface area contributed by atoms with E-state index in [9.17, 15) is 9.59 Å². The minimum absolute atomic E-state index is 0.0169.